The summed E-state index contributed by atoms with van der Waals surface area (Å²) in [5.74, 6) is 0.131. The largest absolute Gasteiger partial charge is 0.491 e. The van der Waals surface area contributed by atoms with Gasteiger partial charge >= 0.3 is 5.97 Å². The van der Waals surface area contributed by atoms with Gasteiger partial charge in [-0.05, 0) is 63.9 Å². The maximum Gasteiger partial charge on any atom is 0.339 e. The number of esters is 1. The normalized spacial score (nSPS) is 10.6. The van der Waals surface area contributed by atoms with E-state index in [-0.39, 0.29) is 17.7 Å². The van der Waals surface area contributed by atoms with E-state index >= 15 is 0 Å². The molecule has 6 nitrogen and oxygen atoms in total. The number of amides is 1. The number of aromatic nitrogens is 1. The molecule has 6 heteroatoms. The second-order valence-corrected chi connectivity index (χ2v) is 6.37. The van der Waals surface area contributed by atoms with Crippen molar-refractivity contribution in [3.05, 3.63) is 58.9 Å². The highest BCUT2D eigenvalue weighted by molar-refractivity contribution is 5.95. The van der Waals surface area contributed by atoms with Crippen LogP contribution in [0.25, 0.3) is 0 Å². The smallest absolute Gasteiger partial charge is 0.339 e. The van der Waals surface area contributed by atoms with Crippen LogP contribution in [0, 0.1) is 6.92 Å². The number of nitrogens with one attached hydrogen (secondary N) is 1. The topological polar surface area (TPSA) is 77.5 Å². The van der Waals surface area contributed by atoms with Crippen molar-refractivity contribution in [1.82, 2.24) is 10.3 Å². The molecular weight excluding hydrogens is 344 g/mol. The molecule has 1 amide bonds. The van der Waals surface area contributed by atoms with Gasteiger partial charge < -0.3 is 14.8 Å². The molecule has 0 bridgehead atoms. The molecule has 1 heterocycles. The highest BCUT2D eigenvalue weighted by Crippen LogP contribution is 2.14. The van der Waals surface area contributed by atoms with Gasteiger partial charge in [-0.2, -0.15) is 0 Å². The maximum absolute atomic E-state index is 12.3. The van der Waals surface area contributed by atoms with Gasteiger partial charge in [-0.1, -0.05) is 12.1 Å². The van der Waals surface area contributed by atoms with Crippen LogP contribution in [-0.4, -0.2) is 36.1 Å². The Kier molecular flexibility index (Phi) is 7.34. The van der Waals surface area contributed by atoms with Gasteiger partial charge in [0.2, 0.25) is 0 Å². The molecule has 144 valence electrons. The van der Waals surface area contributed by atoms with Gasteiger partial charge in [0.1, 0.15) is 11.4 Å². The molecule has 0 unspecified atom stereocenters. The van der Waals surface area contributed by atoms with Gasteiger partial charge in [-0.25, -0.2) is 9.78 Å². The Bertz CT molecular complexity index is 785. The Morgan fingerprint density at radius 1 is 1.11 bits per heavy atom. The summed E-state index contributed by atoms with van der Waals surface area (Å²) < 4.78 is 10.6. The number of carbonyl (C=O) groups excluding carboxylic acids is 2. The Morgan fingerprint density at radius 2 is 1.81 bits per heavy atom. The minimum atomic E-state index is -0.431. The summed E-state index contributed by atoms with van der Waals surface area (Å²) in [4.78, 5) is 28.3. The molecular formula is C21H26N2O4. The van der Waals surface area contributed by atoms with Crippen LogP contribution in [0.5, 0.6) is 5.75 Å². The van der Waals surface area contributed by atoms with Gasteiger partial charge in [0.05, 0.1) is 24.0 Å². The zero-order chi connectivity index (χ0) is 19.8. The monoisotopic (exact) mass is 370 g/mol. The van der Waals surface area contributed by atoms with Crippen LogP contribution >= 0.6 is 0 Å². The number of benzene rings is 1. The van der Waals surface area contributed by atoms with E-state index in [9.17, 15) is 9.59 Å². The first-order chi connectivity index (χ1) is 12.9. The van der Waals surface area contributed by atoms with Crippen molar-refractivity contribution in [3.8, 4) is 5.75 Å². The SMILES string of the molecule is CCOC(=O)c1ccc(C(=O)NCCc2ccc(OC(C)C)cc2)nc1C. The first-order valence-corrected chi connectivity index (χ1v) is 9.09. The lowest BCUT2D eigenvalue weighted by Gasteiger charge is -2.10. The average molecular weight is 370 g/mol. The molecule has 0 fully saturated rings. The molecule has 0 atom stereocenters. The second-order valence-electron chi connectivity index (χ2n) is 6.37. The molecule has 0 radical (unpaired) electrons. The summed E-state index contributed by atoms with van der Waals surface area (Å²) in [5.41, 5.74) is 2.23. The number of pyridine rings is 1. The lowest BCUT2D eigenvalue weighted by atomic mass is 10.1. The molecule has 1 aromatic carbocycles. The van der Waals surface area contributed by atoms with Crippen molar-refractivity contribution >= 4 is 11.9 Å². The molecule has 27 heavy (non-hydrogen) atoms. The molecule has 2 rings (SSSR count). The summed E-state index contributed by atoms with van der Waals surface area (Å²) >= 11 is 0. The van der Waals surface area contributed by atoms with Crippen molar-refractivity contribution in [3.63, 3.8) is 0 Å². The molecule has 0 saturated carbocycles. The van der Waals surface area contributed by atoms with E-state index in [0.29, 0.717) is 30.8 Å². The number of nitrogens with zero attached hydrogens (tertiary/aromatic N) is 1. The maximum atomic E-state index is 12.3. The second kappa shape index (κ2) is 9.71. The Morgan fingerprint density at radius 3 is 2.41 bits per heavy atom. The third-order valence-corrected chi connectivity index (χ3v) is 3.81. The summed E-state index contributed by atoms with van der Waals surface area (Å²) in [6.45, 7) is 8.18. The molecule has 0 aliphatic heterocycles. The molecule has 2 aromatic rings. The van der Waals surface area contributed by atoms with E-state index < -0.39 is 5.97 Å². The predicted molar refractivity (Wildman–Crippen MR) is 103 cm³/mol. The molecule has 0 aliphatic rings. The highest BCUT2D eigenvalue weighted by atomic mass is 16.5. The Balaban J connectivity index is 1.88. The number of hydrogen-bond donors (Lipinski definition) is 1. The van der Waals surface area contributed by atoms with Crippen LogP contribution in [0.4, 0.5) is 0 Å². The highest BCUT2D eigenvalue weighted by Gasteiger charge is 2.14. The van der Waals surface area contributed by atoms with Crippen LogP contribution < -0.4 is 10.1 Å². The third-order valence-electron chi connectivity index (χ3n) is 3.81. The van der Waals surface area contributed by atoms with Gasteiger partial charge in [-0.3, -0.25) is 4.79 Å². The van der Waals surface area contributed by atoms with E-state index in [0.717, 1.165) is 11.3 Å². The zero-order valence-corrected chi connectivity index (χ0v) is 16.2. The quantitative estimate of drug-likeness (QED) is 0.721. The van der Waals surface area contributed by atoms with Crippen molar-refractivity contribution in [2.45, 2.75) is 40.2 Å². The van der Waals surface area contributed by atoms with Gasteiger partial charge in [0.25, 0.3) is 5.91 Å². The van der Waals surface area contributed by atoms with Crippen LogP contribution in [0.15, 0.2) is 36.4 Å². The minimum Gasteiger partial charge on any atom is -0.491 e. The van der Waals surface area contributed by atoms with Gasteiger partial charge in [0.15, 0.2) is 0 Å². The molecule has 0 spiro atoms. The summed E-state index contributed by atoms with van der Waals surface area (Å²) in [6, 6.07) is 10.9. The van der Waals surface area contributed by atoms with E-state index in [1.807, 2.05) is 38.1 Å². The average Bonchev–Trinajstić information content (AvgIpc) is 2.62. The van der Waals surface area contributed by atoms with E-state index in [2.05, 4.69) is 10.3 Å². The van der Waals surface area contributed by atoms with Crippen molar-refractivity contribution in [1.29, 1.82) is 0 Å². The fourth-order valence-corrected chi connectivity index (χ4v) is 2.53. The Hall–Kier alpha value is -2.89. The van der Waals surface area contributed by atoms with E-state index in [1.165, 1.54) is 6.07 Å². The predicted octanol–water partition coefficient (Wildman–Crippen LogP) is 3.33. The van der Waals surface area contributed by atoms with Gasteiger partial charge in [-0.15, -0.1) is 0 Å². The summed E-state index contributed by atoms with van der Waals surface area (Å²) in [6.07, 6.45) is 0.842. The number of ether oxygens (including phenoxy) is 2. The minimum absolute atomic E-state index is 0.140. The molecule has 0 saturated heterocycles. The van der Waals surface area contributed by atoms with Crippen molar-refractivity contribution in [2.75, 3.05) is 13.2 Å². The van der Waals surface area contributed by atoms with Crippen LogP contribution in [0.2, 0.25) is 0 Å². The lowest BCUT2D eigenvalue weighted by Crippen LogP contribution is -2.27. The number of rotatable bonds is 8. The van der Waals surface area contributed by atoms with Crippen LogP contribution in [0.3, 0.4) is 0 Å². The van der Waals surface area contributed by atoms with Crippen molar-refractivity contribution in [2.24, 2.45) is 0 Å². The van der Waals surface area contributed by atoms with Crippen LogP contribution in [-0.2, 0) is 11.2 Å². The fraction of sp³-hybridized carbons (Fsp3) is 0.381. The number of aryl methyl sites for hydroxylation is 1. The standard InChI is InChI=1S/C21H26N2O4/c1-5-26-21(25)18-10-11-19(23-15(18)4)20(24)22-13-12-16-6-8-17(9-7-16)27-14(2)3/h6-11,14H,5,12-13H2,1-4H3,(H,22,24). The molecule has 1 N–H and O–H groups in total. The summed E-state index contributed by atoms with van der Waals surface area (Å²) in [5, 5.41) is 2.85. The first kappa shape index (κ1) is 20.4. The fourth-order valence-electron chi connectivity index (χ4n) is 2.53. The Labute approximate surface area is 159 Å². The van der Waals surface area contributed by atoms with Crippen molar-refractivity contribution < 1.29 is 19.1 Å². The van der Waals surface area contributed by atoms with Gasteiger partial charge in [0, 0.05) is 6.54 Å². The summed E-state index contributed by atoms with van der Waals surface area (Å²) in [7, 11) is 0. The number of hydrogen-bond acceptors (Lipinski definition) is 5. The van der Waals surface area contributed by atoms with E-state index in [1.54, 1.807) is 19.9 Å². The van der Waals surface area contributed by atoms with E-state index in [4.69, 9.17) is 9.47 Å². The zero-order valence-electron chi connectivity index (χ0n) is 16.2. The van der Waals surface area contributed by atoms with Crippen LogP contribution in [0.1, 0.15) is 52.9 Å². The number of carbonyl (C=O) groups is 2. The molecule has 0 aliphatic carbocycles. The molecule has 1 aromatic heterocycles. The third kappa shape index (κ3) is 6.09. The first-order valence-electron chi connectivity index (χ1n) is 9.09. The lowest BCUT2D eigenvalue weighted by molar-refractivity contribution is 0.0524.